The maximum absolute atomic E-state index is 13.2. The van der Waals surface area contributed by atoms with Crippen molar-refractivity contribution in [1.29, 1.82) is 0 Å². The van der Waals surface area contributed by atoms with Gasteiger partial charge in [0.2, 0.25) is 5.75 Å². The molecule has 1 unspecified atom stereocenters. The molecule has 0 aliphatic rings. The quantitative estimate of drug-likeness (QED) is 0.247. The Morgan fingerprint density at radius 1 is 0.974 bits per heavy atom. The number of imidazole rings is 1. The zero-order valence-electron chi connectivity index (χ0n) is 22.6. The Kier molecular flexibility index (Phi) is 8.73. The molecule has 1 aromatic heterocycles. The minimum absolute atomic E-state index is 0.269. The van der Waals surface area contributed by atoms with E-state index >= 15 is 0 Å². The summed E-state index contributed by atoms with van der Waals surface area (Å²) >= 11 is 0. The number of carbonyl (C=O) groups excluding carboxylic acids is 1. The van der Waals surface area contributed by atoms with Crippen LogP contribution in [0.3, 0.4) is 0 Å². The summed E-state index contributed by atoms with van der Waals surface area (Å²) in [4.78, 5) is 18.1. The number of nitrogens with one attached hydrogen (secondary N) is 1. The molecule has 0 spiro atoms. The highest BCUT2D eigenvalue weighted by Gasteiger charge is 2.22. The van der Waals surface area contributed by atoms with E-state index in [9.17, 15) is 4.79 Å². The van der Waals surface area contributed by atoms with Crippen molar-refractivity contribution in [3.05, 3.63) is 77.6 Å². The van der Waals surface area contributed by atoms with Crippen LogP contribution in [0.15, 0.2) is 60.7 Å². The van der Waals surface area contributed by atoms with Crippen molar-refractivity contribution in [3.8, 4) is 23.0 Å². The lowest BCUT2D eigenvalue weighted by Gasteiger charge is -2.18. The topological polar surface area (TPSA) is 83.8 Å². The van der Waals surface area contributed by atoms with Crippen LogP contribution < -0.4 is 24.3 Å². The van der Waals surface area contributed by atoms with Gasteiger partial charge in [0.15, 0.2) is 11.5 Å². The van der Waals surface area contributed by atoms with E-state index in [1.807, 2.05) is 43.3 Å². The normalized spacial score (nSPS) is 11.7. The number of hydrogen-bond acceptors (Lipinski definition) is 6. The number of aromatic nitrogens is 2. The number of para-hydroxylation sites is 2. The zero-order valence-corrected chi connectivity index (χ0v) is 22.6. The fourth-order valence-corrected chi connectivity index (χ4v) is 4.45. The van der Waals surface area contributed by atoms with E-state index in [0.29, 0.717) is 36.0 Å². The molecule has 1 amide bonds. The van der Waals surface area contributed by atoms with Gasteiger partial charge in [-0.15, -0.1) is 0 Å². The number of methoxy groups -OCH3 is 3. The summed E-state index contributed by atoms with van der Waals surface area (Å²) in [5.74, 6) is 2.64. The van der Waals surface area contributed by atoms with Gasteiger partial charge < -0.3 is 28.8 Å². The number of nitrogens with zero attached hydrogens (tertiary/aromatic N) is 2. The summed E-state index contributed by atoms with van der Waals surface area (Å²) in [6, 6.07) is 19.1. The Labute approximate surface area is 223 Å². The maximum Gasteiger partial charge on any atom is 0.252 e. The predicted molar refractivity (Wildman–Crippen MR) is 148 cm³/mol. The molecular formula is C30H35N3O5. The Balaban J connectivity index is 1.50. The number of carbonyl (C=O) groups is 1. The second-order valence-corrected chi connectivity index (χ2v) is 8.92. The third kappa shape index (κ3) is 5.85. The summed E-state index contributed by atoms with van der Waals surface area (Å²) in [7, 11) is 4.57. The molecule has 4 rings (SSSR count). The second kappa shape index (κ2) is 12.4. The average Bonchev–Trinajstić information content (AvgIpc) is 3.33. The number of aryl methyl sites for hydroxylation is 2. The highest BCUT2D eigenvalue weighted by atomic mass is 16.5. The molecule has 8 heteroatoms. The van der Waals surface area contributed by atoms with Gasteiger partial charge in [0.05, 0.1) is 45.0 Å². The van der Waals surface area contributed by atoms with Crippen LogP contribution in [0.1, 0.15) is 48.1 Å². The van der Waals surface area contributed by atoms with Gasteiger partial charge in [-0.25, -0.2) is 4.98 Å². The Morgan fingerprint density at radius 3 is 2.29 bits per heavy atom. The number of rotatable bonds is 12. The van der Waals surface area contributed by atoms with Crippen molar-refractivity contribution in [2.24, 2.45) is 0 Å². The number of fused-ring (bicyclic) bond motifs is 1. The number of benzene rings is 3. The van der Waals surface area contributed by atoms with Crippen LogP contribution in [0.2, 0.25) is 0 Å². The van der Waals surface area contributed by atoms with Crippen molar-refractivity contribution in [2.75, 3.05) is 27.9 Å². The molecule has 0 aliphatic heterocycles. The molecule has 4 aromatic rings. The van der Waals surface area contributed by atoms with Crippen molar-refractivity contribution >= 4 is 16.9 Å². The van der Waals surface area contributed by atoms with E-state index in [-0.39, 0.29) is 11.9 Å². The largest absolute Gasteiger partial charge is 0.494 e. The van der Waals surface area contributed by atoms with Crippen molar-refractivity contribution in [3.63, 3.8) is 0 Å². The van der Waals surface area contributed by atoms with Crippen molar-refractivity contribution < 1.29 is 23.7 Å². The monoisotopic (exact) mass is 517 g/mol. The molecule has 3 aromatic carbocycles. The summed E-state index contributed by atoms with van der Waals surface area (Å²) < 4.78 is 24.3. The van der Waals surface area contributed by atoms with Crippen molar-refractivity contribution in [2.45, 2.75) is 39.3 Å². The van der Waals surface area contributed by atoms with Gasteiger partial charge in [-0.2, -0.15) is 0 Å². The summed E-state index contributed by atoms with van der Waals surface area (Å²) in [6.07, 6.45) is 1.79. The molecule has 38 heavy (non-hydrogen) atoms. The number of amides is 1. The lowest BCUT2D eigenvalue weighted by molar-refractivity contribution is 0.0936. The molecule has 8 nitrogen and oxygen atoms in total. The SMILES string of the molecule is CCc1ccc(OCCCn2c(C(C)NC(=O)c3cc(OC)c(OC)c(OC)c3)nc3ccccc32)cc1. The van der Waals surface area contributed by atoms with Crippen molar-refractivity contribution in [1.82, 2.24) is 14.9 Å². The molecule has 0 saturated carbocycles. The Morgan fingerprint density at radius 2 is 1.66 bits per heavy atom. The molecule has 200 valence electrons. The van der Waals surface area contributed by atoms with E-state index in [1.54, 1.807) is 12.1 Å². The fraction of sp³-hybridized carbons (Fsp3) is 0.333. The summed E-state index contributed by atoms with van der Waals surface area (Å²) in [5, 5.41) is 3.08. The molecule has 0 radical (unpaired) electrons. The average molecular weight is 518 g/mol. The van der Waals surface area contributed by atoms with Crippen LogP contribution in [0, 0.1) is 0 Å². The summed E-state index contributed by atoms with van der Waals surface area (Å²) in [5.41, 5.74) is 3.59. The lowest BCUT2D eigenvalue weighted by Crippen LogP contribution is -2.29. The summed E-state index contributed by atoms with van der Waals surface area (Å²) in [6.45, 7) is 5.34. The van der Waals surface area contributed by atoms with Crippen LogP contribution in [0.25, 0.3) is 11.0 Å². The first kappa shape index (κ1) is 26.9. The van der Waals surface area contributed by atoms with Crippen LogP contribution >= 0.6 is 0 Å². The van der Waals surface area contributed by atoms with E-state index < -0.39 is 0 Å². The third-order valence-corrected chi connectivity index (χ3v) is 6.47. The van der Waals surface area contributed by atoms with Gasteiger partial charge in [0, 0.05) is 12.1 Å². The molecule has 0 aliphatic carbocycles. The standard InChI is InChI=1S/C30H35N3O5/c1-6-21-12-14-23(15-13-21)38-17-9-16-33-25-11-8-7-10-24(25)32-29(33)20(2)31-30(34)22-18-26(35-3)28(37-5)27(19-22)36-4/h7-8,10-15,18-20H,6,9,16-17H2,1-5H3,(H,31,34). The Hall–Kier alpha value is -4.20. The van der Waals surface area contributed by atoms with E-state index in [0.717, 1.165) is 35.4 Å². The smallest absolute Gasteiger partial charge is 0.252 e. The molecule has 0 saturated heterocycles. The first-order valence-corrected chi connectivity index (χ1v) is 12.8. The fourth-order valence-electron chi connectivity index (χ4n) is 4.45. The van der Waals surface area contributed by atoms with E-state index in [4.69, 9.17) is 23.9 Å². The molecule has 1 heterocycles. The maximum atomic E-state index is 13.2. The molecular weight excluding hydrogens is 482 g/mol. The minimum Gasteiger partial charge on any atom is -0.494 e. The molecule has 1 atom stereocenters. The van der Waals surface area contributed by atoms with Crippen LogP contribution in [0.4, 0.5) is 0 Å². The molecule has 1 N–H and O–H groups in total. The van der Waals surface area contributed by atoms with E-state index in [2.05, 4.69) is 28.9 Å². The Bertz CT molecular complexity index is 1360. The van der Waals surface area contributed by atoms with Gasteiger partial charge in [-0.3, -0.25) is 4.79 Å². The minimum atomic E-state index is -0.350. The van der Waals surface area contributed by atoms with Gasteiger partial charge in [0.25, 0.3) is 5.91 Å². The number of ether oxygens (including phenoxy) is 4. The predicted octanol–water partition coefficient (Wildman–Crippen LogP) is 5.58. The van der Waals surface area contributed by atoms with Gasteiger partial charge >= 0.3 is 0 Å². The van der Waals surface area contributed by atoms with Crippen LogP contribution in [0.5, 0.6) is 23.0 Å². The lowest BCUT2D eigenvalue weighted by atomic mass is 10.1. The van der Waals surface area contributed by atoms with Crippen LogP contribution in [-0.2, 0) is 13.0 Å². The van der Waals surface area contributed by atoms with Gasteiger partial charge in [-0.05, 0) is 61.7 Å². The highest BCUT2D eigenvalue weighted by Crippen LogP contribution is 2.38. The molecule has 0 bridgehead atoms. The second-order valence-electron chi connectivity index (χ2n) is 8.92. The first-order valence-electron chi connectivity index (χ1n) is 12.8. The van der Waals surface area contributed by atoms with Gasteiger partial charge in [-0.1, -0.05) is 31.2 Å². The first-order chi connectivity index (χ1) is 18.5. The third-order valence-electron chi connectivity index (χ3n) is 6.47. The van der Waals surface area contributed by atoms with Crippen LogP contribution in [-0.4, -0.2) is 43.4 Å². The highest BCUT2D eigenvalue weighted by molar-refractivity contribution is 5.96. The number of hydrogen-bond donors (Lipinski definition) is 1. The molecule has 0 fully saturated rings. The van der Waals surface area contributed by atoms with Gasteiger partial charge in [0.1, 0.15) is 11.6 Å². The zero-order chi connectivity index (χ0) is 27.1. The van der Waals surface area contributed by atoms with E-state index in [1.165, 1.54) is 26.9 Å².